The lowest BCUT2D eigenvalue weighted by Gasteiger charge is -2.03. The van der Waals surface area contributed by atoms with Gasteiger partial charge in [-0.25, -0.2) is 4.79 Å². The smallest absolute Gasteiger partial charge is 0.336 e. The van der Waals surface area contributed by atoms with E-state index in [-0.39, 0.29) is 5.91 Å². The Morgan fingerprint density at radius 3 is 2.75 bits per heavy atom. The highest BCUT2D eigenvalue weighted by Gasteiger charge is 2.17. The van der Waals surface area contributed by atoms with E-state index in [2.05, 4.69) is 5.32 Å². The molecule has 1 aliphatic heterocycles. The summed E-state index contributed by atoms with van der Waals surface area (Å²) in [5.74, 6) is -0.189. The normalized spacial score (nSPS) is 16.6. The molecule has 20 heavy (non-hydrogen) atoms. The van der Waals surface area contributed by atoms with E-state index in [1.807, 2.05) is 6.92 Å². The third kappa shape index (κ3) is 2.14. The summed E-state index contributed by atoms with van der Waals surface area (Å²) in [6.45, 7) is 1.82. The van der Waals surface area contributed by atoms with Crippen LogP contribution in [-0.2, 0) is 4.79 Å². The Kier molecular flexibility index (Phi) is 2.95. The van der Waals surface area contributed by atoms with Gasteiger partial charge in [0.15, 0.2) is 0 Å². The van der Waals surface area contributed by atoms with Crippen LogP contribution in [0.4, 0.5) is 0 Å². The molecule has 5 heteroatoms. The Balaban J connectivity index is 2.28. The van der Waals surface area contributed by atoms with Crippen molar-refractivity contribution in [1.29, 1.82) is 0 Å². The number of carbonyl (C=O) groups excluding carboxylic acids is 1. The van der Waals surface area contributed by atoms with Crippen molar-refractivity contribution >= 4 is 34.6 Å². The van der Waals surface area contributed by atoms with E-state index in [0.29, 0.717) is 27.1 Å². The van der Waals surface area contributed by atoms with Gasteiger partial charge in [-0.05, 0) is 42.3 Å². The summed E-state index contributed by atoms with van der Waals surface area (Å²) in [7, 11) is 0. The predicted molar refractivity (Wildman–Crippen MR) is 77.4 cm³/mol. The van der Waals surface area contributed by atoms with Crippen LogP contribution in [-0.4, -0.2) is 5.91 Å². The first-order valence-electron chi connectivity index (χ1n) is 5.98. The molecule has 0 radical (unpaired) electrons. The first kappa shape index (κ1) is 12.7. The lowest BCUT2D eigenvalue weighted by Crippen LogP contribution is -2.11. The van der Waals surface area contributed by atoms with Crippen LogP contribution in [0.2, 0.25) is 5.02 Å². The first-order valence-corrected chi connectivity index (χ1v) is 6.35. The maximum absolute atomic E-state index is 11.7. The highest BCUT2D eigenvalue weighted by Crippen LogP contribution is 2.25. The number of benzene rings is 1. The van der Waals surface area contributed by atoms with Crippen LogP contribution in [0.1, 0.15) is 12.5 Å². The van der Waals surface area contributed by atoms with E-state index in [1.165, 1.54) is 6.07 Å². The Labute approximate surface area is 119 Å². The van der Waals surface area contributed by atoms with Gasteiger partial charge in [-0.15, -0.1) is 0 Å². The van der Waals surface area contributed by atoms with E-state index in [1.54, 1.807) is 30.5 Å². The number of rotatable bonds is 1. The zero-order valence-corrected chi connectivity index (χ0v) is 11.3. The SMILES string of the molecule is CC1=CNC(=O)/C1=C\c1cc(=O)oc2ccc(Cl)cc12. The predicted octanol–water partition coefficient (Wildman–Crippen LogP) is 2.86. The molecule has 0 bridgehead atoms. The maximum Gasteiger partial charge on any atom is 0.336 e. The Morgan fingerprint density at radius 1 is 1.25 bits per heavy atom. The Hall–Kier alpha value is -2.33. The minimum atomic E-state index is -0.466. The Bertz CT molecular complexity index is 846. The molecule has 2 heterocycles. The fourth-order valence-electron chi connectivity index (χ4n) is 2.12. The van der Waals surface area contributed by atoms with Crippen molar-refractivity contribution in [2.45, 2.75) is 6.92 Å². The molecule has 1 aromatic heterocycles. The van der Waals surface area contributed by atoms with Gasteiger partial charge < -0.3 is 9.73 Å². The van der Waals surface area contributed by atoms with E-state index in [0.717, 1.165) is 5.57 Å². The summed E-state index contributed by atoms with van der Waals surface area (Å²) in [6.07, 6.45) is 3.30. The average molecular weight is 288 g/mol. The van der Waals surface area contributed by atoms with E-state index >= 15 is 0 Å². The molecule has 0 saturated heterocycles. The quantitative estimate of drug-likeness (QED) is 0.648. The van der Waals surface area contributed by atoms with Crippen LogP contribution in [0.3, 0.4) is 0 Å². The standard InChI is InChI=1S/C15H10ClNO3/c1-8-7-17-15(19)11(8)4-9-5-14(18)20-13-3-2-10(16)6-12(9)13/h2-7H,1H3,(H,17,19)/b11-4-. The third-order valence-electron chi connectivity index (χ3n) is 3.13. The van der Waals surface area contributed by atoms with Gasteiger partial charge in [0.2, 0.25) is 0 Å². The van der Waals surface area contributed by atoms with Crippen molar-refractivity contribution in [2.75, 3.05) is 0 Å². The second-order valence-corrected chi connectivity index (χ2v) is 4.96. The number of amides is 1. The monoisotopic (exact) mass is 287 g/mol. The van der Waals surface area contributed by atoms with Crippen LogP contribution < -0.4 is 10.9 Å². The number of nitrogens with one attached hydrogen (secondary N) is 1. The highest BCUT2D eigenvalue weighted by molar-refractivity contribution is 6.31. The average Bonchev–Trinajstić information content (AvgIpc) is 2.71. The summed E-state index contributed by atoms with van der Waals surface area (Å²) in [4.78, 5) is 23.3. The largest absolute Gasteiger partial charge is 0.423 e. The molecule has 1 aromatic carbocycles. The van der Waals surface area contributed by atoms with Crippen molar-refractivity contribution in [2.24, 2.45) is 0 Å². The molecule has 0 fully saturated rings. The summed E-state index contributed by atoms with van der Waals surface area (Å²) >= 11 is 5.97. The molecule has 0 spiro atoms. The van der Waals surface area contributed by atoms with Crippen molar-refractivity contribution in [3.8, 4) is 0 Å². The van der Waals surface area contributed by atoms with Gasteiger partial charge in [0, 0.05) is 28.2 Å². The molecule has 0 saturated carbocycles. The molecule has 100 valence electrons. The molecule has 0 aliphatic carbocycles. The zero-order chi connectivity index (χ0) is 14.3. The topological polar surface area (TPSA) is 59.3 Å². The van der Waals surface area contributed by atoms with Gasteiger partial charge in [0.1, 0.15) is 5.58 Å². The second kappa shape index (κ2) is 4.65. The minimum absolute atomic E-state index is 0.189. The number of carbonyl (C=O) groups is 1. The summed E-state index contributed by atoms with van der Waals surface area (Å²) < 4.78 is 5.12. The number of hydrogen-bond acceptors (Lipinski definition) is 3. The van der Waals surface area contributed by atoms with Crippen LogP contribution in [0, 0.1) is 0 Å². The summed E-state index contributed by atoms with van der Waals surface area (Å²) in [6, 6.07) is 6.35. The Morgan fingerprint density at radius 2 is 2.05 bits per heavy atom. The van der Waals surface area contributed by atoms with Gasteiger partial charge in [0.05, 0.1) is 0 Å². The molecule has 1 amide bonds. The first-order chi connectivity index (χ1) is 9.54. The van der Waals surface area contributed by atoms with E-state index < -0.39 is 5.63 Å². The molecular weight excluding hydrogens is 278 g/mol. The molecule has 4 nitrogen and oxygen atoms in total. The second-order valence-electron chi connectivity index (χ2n) is 4.52. The van der Waals surface area contributed by atoms with Gasteiger partial charge in [-0.2, -0.15) is 0 Å². The lowest BCUT2D eigenvalue weighted by atomic mass is 10.0. The fourth-order valence-corrected chi connectivity index (χ4v) is 2.29. The lowest BCUT2D eigenvalue weighted by molar-refractivity contribution is -0.115. The van der Waals surface area contributed by atoms with Crippen LogP contribution in [0.15, 0.2) is 50.8 Å². The van der Waals surface area contributed by atoms with Gasteiger partial charge in [-0.1, -0.05) is 11.6 Å². The fraction of sp³-hybridized carbons (Fsp3) is 0.0667. The van der Waals surface area contributed by atoms with Crippen molar-refractivity contribution < 1.29 is 9.21 Å². The van der Waals surface area contributed by atoms with Gasteiger partial charge in [0.25, 0.3) is 5.91 Å². The van der Waals surface area contributed by atoms with Crippen molar-refractivity contribution in [3.63, 3.8) is 0 Å². The molecule has 0 atom stereocenters. The van der Waals surface area contributed by atoms with Gasteiger partial charge >= 0.3 is 5.63 Å². The number of hydrogen-bond donors (Lipinski definition) is 1. The third-order valence-corrected chi connectivity index (χ3v) is 3.36. The van der Waals surface area contributed by atoms with Crippen molar-refractivity contribution in [3.05, 3.63) is 62.6 Å². The number of fused-ring (bicyclic) bond motifs is 1. The highest BCUT2D eigenvalue weighted by atomic mass is 35.5. The van der Waals surface area contributed by atoms with Crippen LogP contribution in [0.5, 0.6) is 0 Å². The zero-order valence-electron chi connectivity index (χ0n) is 10.6. The molecule has 1 aliphatic rings. The molecule has 1 N–H and O–H groups in total. The van der Waals surface area contributed by atoms with Gasteiger partial charge in [-0.3, -0.25) is 4.79 Å². The van der Waals surface area contributed by atoms with E-state index in [9.17, 15) is 9.59 Å². The minimum Gasteiger partial charge on any atom is -0.423 e. The van der Waals surface area contributed by atoms with Crippen molar-refractivity contribution in [1.82, 2.24) is 5.32 Å². The van der Waals surface area contributed by atoms with E-state index in [4.69, 9.17) is 16.0 Å². The number of halogens is 1. The molecular formula is C15H10ClNO3. The molecule has 0 unspecified atom stereocenters. The summed E-state index contributed by atoms with van der Waals surface area (Å²) in [5, 5.41) is 3.84. The van der Waals surface area contributed by atoms with Crippen LogP contribution >= 0.6 is 11.6 Å². The maximum atomic E-state index is 11.7. The van der Waals surface area contributed by atoms with Crippen LogP contribution in [0.25, 0.3) is 17.0 Å². The molecule has 3 rings (SSSR count). The molecule has 2 aromatic rings. The summed E-state index contributed by atoms with van der Waals surface area (Å²) in [5.41, 5.74) is 1.93.